The van der Waals surface area contributed by atoms with E-state index in [1.165, 1.54) is 7.11 Å². The minimum Gasteiger partial charge on any atom is -0.494 e. The average Bonchev–Trinajstić information content (AvgIpc) is 2.75. The molecule has 27 heavy (non-hydrogen) atoms. The molecule has 0 unspecified atom stereocenters. The van der Waals surface area contributed by atoms with Crippen molar-refractivity contribution in [2.45, 2.75) is 60.8 Å². The number of methoxy groups -OCH3 is 2. The Kier molecular flexibility index (Phi) is 25.9. The lowest BCUT2D eigenvalue weighted by Crippen LogP contribution is -2.04. The maximum Gasteiger partial charge on any atom is 0.292 e. The number of aliphatic imine (C=N–C) groups is 1. The van der Waals surface area contributed by atoms with Gasteiger partial charge in [-0.25, -0.2) is 4.99 Å². The molecule has 0 amide bonds. The molecule has 0 saturated carbocycles. The van der Waals surface area contributed by atoms with E-state index in [2.05, 4.69) is 23.2 Å². The maximum absolute atomic E-state index is 8.95. The van der Waals surface area contributed by atoms with Crippen molar-refractivity contribution in [2.75, 3.05) is 20.8 Å². The summed E-state index contributed by atoms with van der Waals surface area (Å²) in [5.41, 5.74) is 1.74. The molecule has 0 saturated heterocycles. The highest BCUT2D eigenvalue weighted by atomic mass is 16.5. The number of allylic oxidation sites excluding steroid dienone is 1. The van der Waals surface area contributed by atoms with Gasteiger partial charge in [-0.1, -0.05) is 54.5 Å². The second kappa shape index (κ2) is 23.7. The van der Waals surface area contributed by atoms with E-state index in [4.69, 9.17) is 14.3 Å². The van der Waals surface area contributed by atoms with Crippen molar-refractivity contribution in [2.24, 2.45) is 4.99 Å². The molecule has 1 rings (SSSR count). The van der Waals surface area contributed by atoms with Gasteiger partial charge in [-0.05, 0) is 37.1 Å². The smallest absolute Gasteiger partial charge is 0.292 e. The van der Waals surface area contributed by atoms with Crippen molar-refractivity contribution < 1.29 is 19.0 Å². The Labute approximate surface area is 166 Å². The Hall–Kier alpha value is -2.30. The number of carbonyl (C=O) groups is 1. The normalized spacial score (nSPS) is 9.11. The predicted octanol–water partition coefficient (Wildman–Crippen LogP) is 6.02. The summed E-state index contributed by atoms with van der Waals surface area (Å²) in [4.78, 5) is 13.3. The SMILES string of the molecule is C=C(CC)N=C(OC)c1ccc(OCCCC)cc1.CC.CC.COC=O. The minimum absolute atomic E-state index is 0.375. The van der Waals surface area contributed by atoms with Crippen LogP contribution in [0.1, 0.15) is 66.4 Å². The van der Waals surface area contributed by atoms with Crippen LogP contribution in [0.15, 0.2) is 41.5 Å². The fourth-order valence-corrected chi connectivity index (χ4v) is 1.48. The summed E-state index contributed by atoms with van der Waals surface area (Å²) in [7, 11) is 2.93. The number of rotatable bonds is 8. The molecule has 0 N–H and O–H groups in total. The van der Waals surface area contributed by atoms with E-state index in [0.717, 1.165) is 42.9 Å². The van der Waals surface area contributed by atoms with Gasteiger partial charge < -0.3 is 14.2 Å². The standard InChI is InChI=1S/C16H23NO2.C2H4O2.2C2H6/c1-5-7-12-19-15-10-8-14(9-11-15)16(18-4)17-13(3)6-2;1-4-2-3;2*1-2/h8-11H,3,5-7,12H2,1-2,4H3;2H,1H3;2*1-2H3. The zero-order valence-corrected chi connectivity index (χ0v) is 18.5. The van der Waals surface area contributed by atoms with Crippen LogP contribution in [0, 0.1) is 0 Å². The van der Waals surface area contributed by atoms with Gasteiger partial charge in [0, 0.05) is 11.3 Å². The van der Waals surface area contributed by atoms with E-state index in [0.29, 0.717) is 12.4 Å². The molecule has 0 aliphatic rings. The fraction of sp³-hybridized carbons (Fsp3) is 0.545. The van der Waals surface area contributed by atoms with Crippen LogP contribution in [-0.4, -0.2) is 33.2 Å². The third-order valence-electron chi connectivity index (χ3n) is 2.83. The van der Waals surface area contributed by atoms with Gasteiger partial charge in [0.1, 0.15) is 5.75 Å². The number of benzene rings is 1. The number of nitrogens with zero attached hydrogens (tertiary/aromatic N) is 1. The highest BCUT2D eigenvalue weighted by Gasteiger charge is 2.04. The van der Waals surface area contributed by atoms with Gasteiger partial charge >= 0.3 is 0 Å². The third-order valence-corrected chi connectivity index (χ3v) is 2.83. The molecule has 0 aliphatic heterocycles. The molecule has 5 nitrogen and oxygen atoms in total. The highest BCUT2D eigenvalue weighted by molar-refractivity contribution is 5.94. The highest BCUT2D eigenvalue weighted by Crippen LogP contribution is 2.14. The van der Waals surface area contributed by atoms with E-state index < -0.39 is 0 Å². The maximum atomic E-state index is 8.95. The van der Waals surface area contributed by atoms with Gasteiger partial charge in [-0.2, -0.15) is 0 Å². The second-order valence-corrected chi connectivity index (χ2v) is 4.60. The topological polar surface area (TPSA) is 57.1 Å². The van der Waals surface area contributed by atoms with Crippen LogP contribution in [0.5, 0.6) is 5.75 Å². The zero-order valence-electron chi connectivity index (χ0n) is 18.5. The van der Waals surface area contributed by atoms with Crippen LogP contribution >= 0.6 is 0 Å². The molecule has 0 fully saturated rings. The van der Waals surface area contributed by atoms with Crippen LogP contribution in [0.25, 0.3) is 0 Å². The molecule has 0 bridgehead atoms. The van der Waals surface area contributed by atoms with Crippen LogP contribution < -0.4 is 4.74 Å². The van der Waals surface area contributed by atoms with Crippen LogP contribution in [-0.2, 0) is 14.3 Å². The molecule has 5 heteroatoms. The van der Waals surface area contributed by atoms with Crippen molar-refractivity contribution in [1.82, 2.24) is 0 Å². The molecule has 0 aliphatic carbocycles. The van der Waals surface area contributed by atoms with Gasteiger partial charge in [0.2, 0.25) is 5.90 Å². The molecule has 0 spiro atoms. The Bertz CT molecular complexity index is 482. The van der Waals surface area contributed by atoms with Crippen LogP contribution in [0.2, 0.25) is 0 Å². The summed E-state index contributed by atoms with van der Waals surface area (Å²) >= 11 is 0. The van der Waals surface area contributed by atoms with Gasteiger partial charge in [0.25, 0.3) is 6.47 Å². The number of ether oxygens (including phenoxy) is 3. The van der Waals surface area contributed by atoms with E-state index in [1.807, 2.05) is 58.9 Å². The molecule has 0 radical (unpaired) electrons. The van der Waals surface area contributed by atoms with Crippen LogP contribution in [0.4, 0.5) is 0 Å². The Balaban J connectivity index is -0.000000621. The largest absolute Gasteiger partial charge is 0.494 e. The Morgan fingerprint density at radius 1 is 1.07 bits per heavy atom. The molecule has 0 aromatic heterocycles. The number of unbranched alkanes of at least 4 members (excludes halogenated alkanes) is 1. The first kappa shape index (κ1) is 29.5. The van der Waals surface area contributed by atoms with Gasteiger partial charge in [0.05, 0.1) is 20.8 Å². The monoisotopic (exact) mass is 381 g/mol. The Morgan fingerprint density at radius 3 is 1.96 bits per heavy atom. The average molecular weight is 382 g/mol. The quantitative estimate of drug-likeness (QED) is 0.239. The van der Waals surface area contributed by atoms with Crippen molar-refractivity contribution in [3.8, 4) is 5.75 Å². The first-order valence-corrected chi connectivity index (χ1v) is 9.62. The van der Waals surface area contributed by atoms with E-state index >= 15 is 0 Å². The molecule has 0 heterocycles. The number of hydrogen-bond acceptors (Lipinski definition) is 5. The van der Waals surface area contributed by atoms with E-state index in [9.17, 15) is 0 Å². The van der Waals surface area contributed by atoms with Crippen molar-refractivity contribution in [3.63, 3.8) is 0 Å². The van der Waals surface area contributed by atoms with Crippen LogP contribution in [0.3, 0.4) is 0 Å². The lowest BCUT2D eigenvalue weighted by Gasteiger charge is -2.08. The van der Waals surface area contributed by atoms with Crippen molar-refractivity contribution >= 4 is 12.4 Å². The van der Waals surface area contributed by atoms with Crippen molar-refractivity contribution in [3.05, 3.63) is 42.1 Å². The summed E-state index contributed by atoms with van der Waals surface area (Å²) in [6, 6.07) is 7.78. The number of hydrogen-bond donors (Lipinski definition) is 0. The number of carbonyl (C=O) groups excluding carboxylic acids is 1. The van der Waals surface area contributed by atoms with Gasteiger partial charge in [-0.3, -0.25) is 4.79 Å². The fourth-order valence-electron chi connectivity index (χ4n) is 1.48. The first-order valence-electron chi connectivity index (χ1n) is 9.62. The molecule has 1 aromatic carbocycles. The summed E-state index contributed by atoms with van der Waals surface area (Å²) in [5.74, 6) is 1.47. The van der Waals surface area contributed by atoms with Crippen molar-refractivity contribution in [1.29, 1.82) is 0 Å². The zero-order chi connectivity index (χ0) is 21.5. The summed E-state index contributed by atoms with van der Waals surface area (Å²) < 4.78 is 14.8. The van der Waals surface area contributed by atoms with E-state index in [1.54, 1.807) is 7.11 Å². The van der Waals surface area contributed by atoms with Gasteiger partial charge in [0.15, 0.2) is 0 Å². The summed E-state index contributed by atoms with van der Waals surface area (Å²) in [6.45, 7) is 17.2. The Morgan fingerprint density at radius 2 is 1.59 bits per heavy atom. The predicted molar refractivity (Wildman–Crippen MR) is 116 cm³/mol. The lowest BCUT2D eigenvalue weighted by atomic mass is 10.2. The summed E-state index contributed by atoms with van der Waals surface area (Å²) in [6.07, 6.45) is 3.02. The lowest BCUT2D eigenvalue weighted by molar-refractivity contribution is -0.126. The third kappa shape index (κ3) is 16.9. The van der Waals surface area contributed by atoms with Gasteiger partial charge in [-0.15, -0.1) is 0 Å². The van der Waals surface area contributed by atoms with E-state index in [-0.39, 0.29) is 0 Å². The molecular weight excluding hydrogens is 342 g/mol. The molecule has 156 valence electrons. The minimum atomic E-state index is 0.375. The summed E-state index contributed by atoms with van der Waals surface area (Å²) in [5, 5.41) is 0. The molecule has 1 aromatic rings. The second-order valence-electron chi connectivity index (χ2n) is 4.60. The molecular formula is C22H39NO4. The molecule has 0 atom stereocenters. The first-order chi connectivity index (χ1) is 13.1.